The molecule has 0 aliphatic heterocycles. The Hall–Kier alpha value is -2.13. The van der Waals surface area contributed by atoms with E-state index in [-0.39, 0.29) is 11.4 Å². The molecule has 0 fully saturated rings. The van der Waals surface area contributed by atoms with Gasteiger partial charge < -0.3 is 15.0 Å². The number of anilines is 1. The Morgan fingerprint density at radius 3 is 2.16 bits per heavy atom. The molecule has 0 aliphatic carbocycles. The molecule has 0 heterocycles. The third-order valence-electron chi connectivity index (χ3n) is 3.02. The molecule has 140 valence electrons. The molecule has 25 heavy (non-hydrogen) atoms. The molecule has 0 radical (unpaired) electrons. The van der Waals surface area contributed by atoms with Crippen LogP contribution in [0.4, 0.5) is 10.5 Å². The number of sulfonamides is 1. The maximum atomic E-state index is 12.9. The molecule has 1 aromatic rings. The van der Waals surface area contributed by atoms with E-state index in [0.717, 1.165) is 4.31 Å². The molecule has 0 atom stereocenters. The van der Waals surface area contributed by atoms with E-state index in [1.54, 1.807) is 39.8 Å². The molecular weight excluding hydrogens is 346 g/mol. The number of rotatable bonds is 7. The second-order valence-corrected chi connectivity index (χ2v) is 8.51. The summed E-state index contributed by atoms with van der Waals surface area (Å²) in [6, 6.07) is 5.55. The van der Waals surface area contributed by atoms with E-state index in [1.165, 1.54) is 24.3 Å². The Labute approximate surface area is 148 Å². The molecule has 1 N–H and O–H groups in total. The first-order valence-corrected chi connectivity index (χ1v) is 9.12. The van der Waals surface area contributed by atoms with Crippen molar-refractivity contribution in [1.29, 1.82) is 0 Å². The van der Waals surface area contributed by atoms with E-state index in [9.17, 15) is 18.0 Å². The van der Waals surface area contributed by atoms with Crippen molar-refractivity contribution in [2.45, 2.75) is 31.3 Å². The summed E-state index contributed by atoms with van der Waals surface area (Å²) in [4.78, 5) is 24.5. The van der Waals surface area contributed by atoms with E-state index >= 15 is 0 Å². The zero-order valence-corrected chi connectivity index (χ0v) is 16.0. The number of nitrogens with zero attached hydrogens (tertiary/aromatic N) is 2. The summed E-state index contributed by atoms with van der Waals surface area (Å²) in [6.07, 6.45) is -0.433. The van der Waals surface area contributed by atoms with Crippen LogP contribution in [-0.2, 0) is 19.6 Å². The van der Waals surface area contributed by atoms with Gasteiger partial charge in [0.25, 0.3) is 10.0 Å². The maximum Gasteiger partial charge on any atom is 0.424 e. The molecule has 0 saturated carbocycles. The lowest BCUT2D eigenvalue weighted by Crippen LogP contribution is -2.43. The summed E-state index contributed by atoms with van der Waals surface area (Å²) in [6.45, 7) is 5.31. The molecule has 0 spiro atoms. The predicted molar refractivity (Wildman–Crippen MR) is 94.8 cm³/mol. The van der Waals surface area contributed by atoms with Crippen LogP contribution in [0.2, 0.25) is 0 Å². The molecule has 2 amide bonds. The van der Waals surface area contributed by atoms with Gasteiger partial charge >= 0.3 is 6.09 Å². The van der Waals surface area contributed by atoms with Crippen molar-refractivity contribution in [3.05, 3.63) is 24.3 Å². The van der Waals surface area contributed by atoms with Crippen LogP contribution in [-0.4, -0.2) is 62.9 Å². The molecule has 0 aliphatic rings. The Morgan fingerprint density at radius 2 is 1.72 bits per heavy atom. The highest BCUT2D eigenvalue weighted by molar-refractivity contribution is 7.89. The van der Waals surface area contributed by atoms with Gasteiger partial charge in [0, 0.05) is 12.2 Å². The number of ether oxygens (including phenoxy) is 1. The minimum atomic E-state index is -4.08. The van der Waals surface area contributed by atoms with Crippen molar-refractivity contribution >= 4 is 28.2 Å². The summed E-state index contributed by atoms with van der Waals surface area (Å²) in [5.41, 5.74) is -0.369. The minimum absolute atomic E-state index is 0.0431. The zero-order chi connectivity index (χ0) is 19.3. The fourth-order valence-corrected chi connectivity index (χ4v) is 3.12. The Morgan fingerprint density at radius 1 is 1.16 bits per heavy atom. The SMILES string of the molecule is CN(C)CCN(C(=O)OC(C)(C)C)S(=O)(=O)c1ccc(NC=O)cc1. The second-order valence-electron chi connectivity index (χ2n) is 6.65. The van der Waals surface area contributed by atoms with Gasteiger partial charge in [-0.3, -0.25) is 4.79 Å². The van der Waals surface area contributed by atoms with Gasteiger partial charge in [0.2, 0.25) is 6.41 Å². The Kier molecular flexibility index (Phi) is 6.95. The first kappa shape index (κ1) is 20.9. The fraction of sp³-hybridized carbons (Fsp3) is 0.500. The van der Waals surface area contributed by atoms with Crippen LogP contribution < -0.4 is 5.32 Å². The smallest absolute Gasteiger partial charge is 0.424 e. The van der Waals surface area contributed by atoms with Crippen LogP contribution in [0.3, 0.4) is 0 Å². The Balaban J connectivity index is 3.16. The first-order valence-electron chi connectivity index (χ1n) is 7.68. The molecule has 0 unspecified atom stereocenters. The first-order chi connectivity index (χ1) is 11.5. The van der Waals surface area contributed by atoms with E-state index in [4.69, 9.17) is 4.74 Å². The predicted octanol–water partition coefficient (Wildman–Crippen LogP) is 1.74. The van der Waals surface area contributed by atoms with E-state index in [1.807, 2.05) is 0 Å². The monoisotopic (exact) mass is 371 g/mol. The number of amides is 2. The van der Waals surface area contributed by atoms with Gasteiger partial charge in [-0.25, -0.2) is 13.2 Å². The number of carbonyl (C=O) groups is 2. The molecule has 0 aromatic heterocycles. The van der Waals surface area contributed by atoms with Gasteiger partial charge in [-0.2, -0.15) is 4.31 Å². The van der Waals surface area contributed by atoms with Gasteiger partial charge in [-0.15, -0.1) is 0 Å². The number of hydrogen-bond acceptors (Lipinski definition) is 6. The molecule has 8 nitrogen and oxygen atoms in total. The number of nitrogens with one attached hydrogen (secondary N) is 1. The molecule has 9 heteroatoms. The lowest BCUT2D eigenvalue weighted by Gasteiger charge is -2.27. The lowest BCUT2D eigenvalue weighted by molar-refractivity contribution is -0.105. The van der Waals surface area contributed by atoms with Crippen LogP contribution in [0.5, 0.6) is 0 Å². The van der Waals surface area contributed by atoms with Crippen molar-refractivity contribution in [3.63, 3.8) is 0 Å². The van der Waals surface area contributed by atoms with Crippen LogP contribution in [0.15, 0.2) is 29.2 Å². The van der Waals surface area contributed by atoms with E-state index < -0.39 is 21.7 Å². The molecule has 1 rings (SSSR count). The molecular formula is C16H25N3O5S. The number of benzene rings is 1. The normalized spacial score (nSPS) is 11.9. The average Bonchev–Trinajstić information content (AvgIpc) is 2.45. The average molecular weight is 371 g/mol. The summed E-state index contributed by atoms with van der Waals surface area (Å²) in [7, 11) is -0.529. The zero-order valence-electron chi connectivity index (χ0n) is 15.1. The van der Waals surface area contributed by atoms with Gasteiger partial charge in [-0.1, -0.05) is 0 Å². The van der Waals surface area contributed by atoms with E-state index in [2.05, 4.69) is 5.32 Å². The van der Waals surface area contributed by atoms with Crippen LogP contribution in [0, 0.1) is 0 Å². The standard InChI is InChI=1S/C16H25N3O5S/c1-16(2,3)24-15(21)19(11-10-18(4)5)25(22,23)14-8-6-13(7-9-14)17-12-20/h6-9,12H,10-11H2,1-5H3,(H,17,20). The van der Waals surface area contributed by atoms with Gasteiger partial charge in [0.1, 0.15) is 5.60 Å². The third kappa shape index (κ3) is 6.35. The lowest BCUT2D eigenvalue weighted by atomic mass is 10.2. The highest BCUT2D eigenvalue weighted by atomic mass is 32.2. The topological polar surface area (TPSA) is 96.0 Å². The van der Waals surface area contributed by atoms with Gasteiger partial charge in [0.05, 0.1) is 11.4 Å². The number of hydrogen-bond donors (Lipinski definition) is 1. The second kappa shape index (κ2) is 8.30. The van der Waals surface area contributed by atoms with Crippen LogP contribution in [0.1, 0.15) is 20.8 Å². The highest BCUT2D eigenvalue weighted by Gasteiger charge is 2.32. The fourth-order valence-electron chi connectivity index (χ4n) is 1.83. The minimum Gasteiger partial charge on any atom is -0.443 e. The van der Waals surface area contributed by atoms with E-state index in [0.29, 0.717) is 18.6 Å². The quantitative estimate of drug-likeness (QED) is 0.734. The van der Waals surface area contributed by atoms with Crippen molar-refractivity contribution in [2.75, 3.05) is 32.5 Å². The summed E-state index contributed by atoms with van der Waals surface area (Å²) >= 11 is 0. The van der Waals surface area contributed by atoms with Gasteiger partial charge in [-0.05, 0) is 59.1 Å². The van der Waals surface area contributed by atoms with Crippen LogP contribution in [0.25, 0.3) is 0 Å². The third-order valence-corrected chi connectivity index (χ3v) is 4.80. The maximum absolute atomic E-state index is 12.9. The summed E-state index contributed by atoms with van der Waals surface area (Å²) < 4.78 is 31.7. The molecule has 1 aromatic carbocycles. The van der Waals surface area contributed by atoms with Crippen molar-refractivity contribution in [1.82, 2.24) is 9.21 Å². The summed E-state index contributed by atoms with van der Waals surface area (Å²) in [5, 5.41) is 2.42. The number of likely N-dealkylation sites (N-methyl/N-ethyl adjacent to an activating group) is 1. The van der Waals surface area contributed by atoms with Crippen molar-refractivity contribution in [3.8, 4) is 0 Å². The molecule has 0 bridgehead atoms. The van der Waals surface area contributed by atoms with Crippen molar-refractivity contribution < 1.29 is 22.7 Å². The van der Waals surface area contributed by atoms with Crippen LogP contribution >= 0.6 is 0 Å². The highest BCUT2D eigenvalue weighted by Crippen LogP contribution is 2.21. The largest absolute Gasteiger partial charge is 0.443 e. The van der Waals surface area contributed by atoms with Gasteiger partial charge in [0.15, 0.2) is 0 Å². The van der Waals surface area contributed by atoms with Crippen molar-refractivity contribution in [2.24, 2.45) is 0 Å². The molecule has 0 saturated heterocycles. The number of carbonyl (C=O) groups excluding carboxylic acids is 2. The Bertz CT molecular complexity index is 693. The summed E-state index contributed by atoms with van der Waals surface area (Å²) in [5.74, 6) is 0.